The Morgan fingerprint density at radius 1 is 1.29 bits per heavy atom. The largest absolute Gasteiger partial charge is 0.456 e. The molecule has 0 atom stereocenters. The van der Waals surface area contributed by atoms with Gasteiger partial charge in [0.15, 0.2) is 11.2 Å². The Morgan fingerprint density at radius 2 is 2.08 bits per heavy atom. The predicted molar refractivity (Wildman–Crippen MR) is 91.2 cm³/mol. The molecular formula is C18H19N3O3. The van der Waals surface area contributed by atoms with E-state index < -0.39 is 5.91 Å². The molecule has 0 bridgehead atoms. The number of benzene rings is 1. The van der Waals surface area contributed by atoms with Gasteiger partial charge in [-0.3, -0.25) is 9.59 Å². The molecule has 0 spiro atoms. The van der Waals surface area contributed by atoms with E-state index in [1.54, 1.807) is 6.92 Å². The number of carbonyl (C=O) groups excluding carboxylic acids is 1. The molecule has 0 saturated heterocycles. The summed E-state index contributed by atoms with van der Waals surface area (Å²) in [7, 11) is 0. The molecular weight excluding hydrogens is 306 g/mol. The molecule has 1 N–H and O–H groups in total. The molecule has 0 unspecified atom stereocenters. The molecule has 6 heteroatoms. The second kappa shape index (κ2) is 6.70. The number of amides is 1. The van der Waals surface area contributed by atoms with E-state index in [-0.39, 0.29) is 11.2 Å². The Morgan fingerprint density at radius 3 is 2.83 bits per heavy atom. The first-order chi connectivity index (χ1) is 11.6. The molecule has 1 aromatic carbocycles. The topological polar surface area (TPSA) is 77.1 Å². The van der Waals surface area contributed by atoms with Gasteiger partial charge in [-0.25, -0.2) is 4.98 Å². The molecule has 3 rings (SSSR count). The van der Waals surface area contributed by atoms with Gasteiger partial charge in [0, 0.05) is 31.6 Å². The monoisotopic (exact) mass is 325 g/mol. The summed E-state index contributed by atoms with van der Waals surface area (Å²) in [6.45, 7) is 4.94. The minimum Gasteiger partial charge on any atom is -0.456 e. The van der Waals surface area contributed by atoms with Gasteiger partial charge >= 0.3 is 0 Å². The Balaban J connectivity index is 1.70. The molecule has 0 saturated carbocycles. The summed E-state index contributed by atoms with van der Waals surface area (Å²) in [6.07, 6.45) is 0.601. The maximum Gasteiger partial charge on any atom is 0.287 e. The number of nitrogens with one attached hydrogen (secondary N) is 1. The minimum atomic E-state index is -0.394. The van der Waals surface area contributed by atoms with Crippen LogP contribution in [0.3, 0.4) is 0 Å². The quantitative estimate of drug-likeness (QED) is 0.781. The van der Waals surface area contributed by atoms with Crippen LogP contribution in [0.1, 0.15) is 29.1 Å². The number of fused-ring (bicyclic) bond motifs is 1. The van der Waals surface area contributed by atoms with Crippen LogP contribution in [0.4, 0.5) is 0 Å². The van der Waals surface area contributed by atoms with Crippen molar-refractivity contribution in [2.75, 3.05) is 6.54 Å². The summed E-state index contributed by atoms with van der Waals surface area (Å²) in [5.41, 5.74) is 1.80. The van der Waals surface area contributed by atoms with E-state index in [1.165, 1.54) is 12.1 Å². The van der Waals surface area contributed by atoms with Crippen LogP contribution in [-0.4, -0.2) is 22.0 Å². The summed E-state index contributed by atoms with van der Waals surface area (Å²) < 4.78 is 7.42. The standard InChI is InChI=1S/C18H19N3O3/c1-3-21-15-7-5-4-6-14(15)20-17(21)8-9-19-18(23)16-11-13(22)10-12(2)24-16/h4-7,10-11H,3,8-9H2,1-2H3,(H,19,23). The lowest BCUT2D eigenvalue weighted by molar-refractivity contribution is 0.0922. The third-order valence-electron chi connectivity index (χ3n) is 3.80. The highest BCUT2D eigenvalue weighted by Crippen LogP contribution is 2.16. The van der Waals surface area contributed by atoms with Gasteiger partial charge in [0.05, 0.1) is 11.0 Å². The summed E-state index contributed by atoms with van der Waals surface area (Å²) in [4.78, 5) is 28.2. The van der Waals surface area contributed by atoms with Crippen molar-refractivity contribution >= 4 is 16.9 Å². The van der Waals surface area contributed by atoms with Gasteiger partial charge in [0.25, 0.3) is 5.91 Å². The fourth-order valence-corrected chi connectivity index (χ4v) is 2.76. The number of nitrogens with zero attached hydrogens (tertiary/aromatic N) is 2. The summed E-state index contributed by atoms with van der Waals surface area (Å²) in [6, 6.07) is 10.5. The normalized spacial score (nSPS) is 10.9. The van der Waals surface area contributed by atoms with E-state index in [1.807, 2.05) is 24.3 Å². The third kappa shape index (κ3) is 3.22. The zero-order chi connectivity index (χ0) is 17.1. The fraction of sp³-hybridized carbons (Fsp3) is 0.278. The zero-order valence-electron chi connectivity index (χ0n) is 13.7. The van der Waals surface area contributed by atoms with Crippen molar-refractivity contribution < 1.29 is 9.21 Å². The maximum atomic E-state index is 12.1. The van der Waals surface area contributed by atoms with Crippen LogP contribution < -0.4 is 10.7 Å². The first-order valence-electron chi connectivity index (χ1n) is 7.92. The molecule has 0 radical (unpaired) electrons. The van der Waals surface area contributed by atoms with Crippen LogP contribution in [-0.2, 0) is 13.0 Å². The van der Waals surface area contributed by atoms with Crippen molar-refractivity contribution in [3.8, 4) is 0 Å². The third-order valence-corrected chi connectivity index (χ3v) is 3.80. The minimum absolute atomic E-state index is 0.0315. The van der Waals surface area contributed by atoms with Gasteiger partial charge in [-0.15, -0.1) is 0 Å². The van der Waals surface area contributed by atoms with Crippen molar-refractivity contribution in [3.63, 3.8) is 0 Å². The van der Waals surface area contributed by atoms with E-state index in [9.17, 15) is 9.59 Å². The van der Waals surface area contributed by atoms with Crippen LogP contribution in [0.5, 0.6) is 0 Å². The molecule has 0 aliphatic carbocycles. The molecule has 0 aliphatic heterocycles. The van der Waals surface area contributed by atoms with Gasteiger partial charge < -0.3 is 14.3 Å². The SMILES string of the molecule is CCn1c(CCNC(=O)c2cc(=O)cc(C)o2)nc2ccccc21. The number of aromatic nitrogens is 2. The first-order valence-corrected chi connectivity index (χ1v) is 7.92. The molecule has 2 heterocycles. The smallest absolute Gasteiger partial charge is 0.287 e. The first kappa shape index (κ1) is 16.0. The maximum absolute atomic E-state index is 12.1. The van der Waals surface area contributed by atoms with Crippen molar-refractivity contribution in [1.29, 1.82) is 0 Å². The lowest BCUT2D eigenvalue weighted by atomic mass is 10.3. The van der Waals surface area contributed by atoms with Crippen LogP contribution in [0.15, 0.2) is 45.6 Å². The van der Waals surface area contributed by atoms with E-state index >= 15 is 0 Å². The van der Waals surface area contributed by atoms with Crippen LogP contribution in [0.2, 0.25) is 0 Å². The van der Waals surface area contributed by atoms with Gasteiger partial charge in [-0.1, -0.05) is 12.1 Å². The van der Waals surface area contributed by atoms with Gasteiger partial charge in [-0.2, -0.15) is 0 Å². The van der Waals surface area contributed by atoms with E-state index in [0.717, 1.165) is 23.4 Å². The molecule has 6 nitrogen and oxygen atoms in total. The Hall–Kier alpha value is -2.89. The number of imidazole rings is 1. The molecule has 1 amide bonds. The van der Waals surface area contributed by atoms with Crippen molar-refractivity contribution in [1.82, 2.24) is 14.9 Å². The number of hydrogen-bond acceptors (Lipinski definition) is 4. The van der Waals surface area contributed by atoms with E-state index in [2.05, 4.69) is 21.8 Å². The zero-order valence-corrected chi connectivity index (χ0v) is 13.7. The van der Waals surface area contributed by atoms with Gasteiger partial charge in [0.1, 0.15) is 11.6 Å². The average molecular weight is 325 g/mol. The molecule has 3 aromatic rings. The highest BCUT2D eigenvalue weighted by Gasteiger charge is 2.12. The predicted octanol–water partition coefficient (Wildman–Crippen LogP) is 2.29. The summed E-state index contributed by atoms with van der Waals surface area (Å²) in [5.74, 6) is 0.976. The van der Waals surface area contributed by atoms with Crippen LogP contribution in [0, 0.1) is 6.92 Å². The van der Waals surface area contributed by atoms with Gasteiger partial charge in [-0.05, 0) is 26.0 Å². The van der Waals surface area contributed by atoms with E-state index in [0.29, 0.717) is 18.7 Å². The lowest BCUT2D eigenvalue weighted by Gasteiger charge is -2.07. The molecule has 124 valence electrons. The highest BCUT2D eigenvalue weighted by molar-refractivity contribution is 5.91. The van der Waals surface area contributed by atoms with Crippen LogP contribution >= 0.6 is 0 Å². The second-order valence-electron chi connectivity index (χ2n) is 5.53. The summed E-state index contributed by atoms with van der Waals surface area (Å²) >= 11 is 0. The van der Waals surface area contributed by atoms with Crippen LogP contribution in [0.25, 0.3) is 11.0 Å². The molecule has 24 heavy (non-hydrogen) atoms. The summed E-state index contributed by atoms with van der Waals surface area (Å²) in [5, 5.41) is 2.77. The Kier molecular flexibility index (Phi) is 4.46. The van der Waals surface area contributed by atoms with Crippen molar-refractivity contribution in [3.05, 3.63) is 64.0 Å². The van der Waals surface area contributed by atoms with Crippen molar-refractivity contribution in [2.24, 2.45) is 0 Å². The molecule has 0 aliphatic rings. The molecule has 0 fully saturated rings. The number of carbonyl (C=O) groups is 1. The highest BCUT2D eigenvalue weighted by atomic mass is 16.3. The van der Waals surface area contributed by atoms with Crippen molar-refractivity contribution in [2.45, 2.75) is 26.8 Å². The van der Waals surface area contributed by atoms with Gasteiger partial charge in [0.2, 0.25) is 0 Å². The average Bonchev–Trinajstić information content (AvgIpc) is 2.91. The number of hydrogen-bond donors (Lipinski definition) is 1. The Bertz CT molecular complexity index is 940. The fourth-order valence-electron chi connectivity index (χ4n) is 2.76. The second-order valence-corrected chi connectivity index (χ2v) is 5.53. The molecule has 2 aromatic heterocycles. The number of rotatable bonds is 5. The Labute approximate surface area is 139 Å². The lowest BCUT2D eigenvalue weighted by Crippen LogP contribution is -2.27. The van der Waals surface area contributed by atoms with E-state index in [4.69, 9.17) is 4.42 Å². The number of para-hydroxylation sites is 2. The number of aryl methyl sites for hydroxylation is 2.